The molecule has 0 spiro atoms. The molecule has 0 saturated carbocycles. The van der Waals surface area contributed by atoms with E-state index in [1.165, 1.54) is 0 Å². The van der Waals surface area contributed by atoms with E-state index >= 15 is 0 Å². The van der Waals surface area contributed by atoms with Crippen LogP contribution < -0.4 is 5.56 Å². The topological polar surface area (TPSA) is 62.8 Å². The molecule has 14 heavy (non-hydrogen) atoms. The molecule has 1 rings (SSSR count). The molecule has 0 fully saturated rings. The molecular weight excluding hydrogens is 204 g/mol. The van der Waals surface area contributed by atoms with Crippen LogP contribution in [0, 0.1) is 0 Å². The Hall–Kier alpha value is -1.16. The highest BCUT2D eigenvalue weighted by Gasteiger charge is 2.10. The highest BCUT2D eigenvalue weighted by molar-refractivity contribution is 6.33. The third-order valence-corrected chi connectivity index (χ3v) is 2.33. The molecule has 0 radical (unpaired) electrons. The second kappa shape index (κ2) is 4.91. The van der Waals surface area contributed by atoms with Crippen LogP contribution in [0.15, 0.2) is 4.79 Å². The van der Waals surface area contributed by atoms with Crippen LogP contribution >= 0.6 is 11.6 Å². The van der Waals surface area contributed by atoms with E-state index in [0.717, 1.165) is 12.8 Å². The van der Waals surface area contributed by atoms with Crippen molar-refractivity contribution in [3.63, 3.8) is 0 Å². The van der Waals surface area contributed by atoms with Gasteiger partial charge in [0.2, 0.25) is 0 Å². The molecule has 1 N–H and O–H groups in total. The van der Waals surface area contributed by atoms with Crippen molar-refractivity contribution in [3.8, 4) is 0 Å². The van der Waals surface area contributed by atoms with Crippen LogP contribution in [0.2, 0.25) is 5.02 Å². The van der Waals surface area contributed by atoms with Crippen LogP contribution in [-0.4, -0.2) is 16.5 Å². The molecule has 0 aliphatic rings. The Morgan fingerprint density at radius 2 is 2.29 bits per heavy atom. The molecule has 0 saturated heterocycles. The van der Waals surface area contributed by atoms with Crippen LogP contribution in [0.3, 0.4) is 0 Å². The first kappa shape index (κ1) is 10.9. The van der Waals surface area contributed by atoms with Gasteiger partial charge >= 0.3 is 0 Å². The molecule has 1 aromatic heterocycles. The van der Waals surface area contributed by atoms with Crippen molar-refractivity contribution in [2.75, 3.05) is 0 Å². The van der Waals surface area contributed by atoms with Gasteiger partial charge in [0.1, 0.15) is 5.56 Å². The summed E-state index contributed by atoms with van der Waals surface area (Å²) in [5.74, 6) is 0. The fraction of sp³-hybridized carbons (Fsp3) is 0.444. The number of hydrogen-bond acceptors (Lipinski definition) is 3. The van der Waals surface area contributed by atoms with Crippen molar-refractivity contribution in [3.05, 3.63) is 26.6 Å². The first-order valence-electron chi connectivity index (χ1n) is 4.43. The zero-order chi connectivity index (χ0) is 10.6. The van der Waals surface area contributed by atoms with Crippen molar-refractivity contribution in [2.45, 2.75) is 26.2 Å². The number of aryl methyl sites for hydroxylation is 1. The zero-order valence-corrected chi connectivity index (χ0v) is 8.60. The van der Waals surface area contributed by atoms with E-state index < -0.39 is 5.56 Å². The summed E-state index contributed by atoms with van der Waals surface area (Å²) < 4.78 is 0. The number of nitrogens with zero attached hydrogens (tertiary/aromatic N) is 1. The number of H-pyrrole nitrogens is 1. The van der Waals surface area contributed by atoms with Crippen LogP contribution in [0.25, 0.3) is 0 Å². The summed E-state index contributed by atoms with van der Waals surface area (Å²) in [6, 6.07) is 0. The molecule has 0 aliphatic heterocycles. The molecule has 0 aromatic carbocycles. The third-order valence-electron chi connectivity index (χ3n) is 1.91. The van der Waals surface area contributed by atoms with E-state index in [1.54, 1.807) is 0 Å². The average Bonchev–Trinajstić information content (AvgIpc) is 2.18. The zero-order valence-electron chi connectivity index (χ0n) is 7.84. The molecule has 1 aromatic rings. The van der Waals surface area contributed by atoms with Crippen molar-refractivity contribution < 1.29 is 4.79 Å². The lowest BCUT2D eigenvalue weighted by molar-refractivity contribution is 0.112. The van der Waals surface area contributed by atoms with Gasteiger partial charge < -0.3 is 0 Å². The molecule has 0 atom stereocenters. The number of aldehydes is 1. The Kier molecular flexibility index (Phi) is 3.83. The standard InChI is InChI=1S/C9H11ClN2O2/c1-2-3-4-7-8(10)6(5-13)9(14)12-11-7/h5H,2-4H2,1H3,(H,12,14). The van der Waals surface area contributed by atoms with Crippen molar-refractivity contribution in [2.24, 2.45) is 0 Å². The van der Waals surface area contributed by atoms with Gasteiger partial charge in [-0.1, -0.05) is 24.9 Å². The maximum atomic E-state index is 11.1. The smallest absolute Gasteiger partial charge is 0.276 e. The predicted molar refractivity (Wildman–Crippen MR) is 53.9 cm³/mol. The molecule has 0 amide bonds. The first-order valence-corrected chi connectivity index (χ1v) is 4.80. The maximum absolute atomic E-state index is 11.1. The Morgan fingerprint density at radius 3 is 2.86 bits per heavy atom. The highest BCUT2D eigenvalue weighted by atomic mass is 35.5. The Morgan fingerprint density at radius 1 is 1.57 bits per heavy atom. The molecular formula is C9H11ClN2O2. The largest absolute Gasteiger partial charge is 0.298 e. The molecule has 1 heterocycles. The Bertz CT molecular complexity index is 387. The van der Waals surface area contributed by atoms with Crippen molar-refractivity contribution in [1.29, 1.82) is 0 Å². The van der Waals surface area contributed by atoms with Crippen molar-refractivity contribution in [1.82, 2.24) is 10.2 Å². The molecule has 4 nitrogen and oxygen atoms in total. The number of carbonyl (C=O) groups excluding carboxylic acids is 1. The van der Waals surface area contributed by atoms with E-state index in [2.05, 4.69) is 10.2 Å². The van der Waals surface area contributed by atoms with Crippen LogP contribution in [0.4, 0.5) is 0 Å². The minimum absolute atomic E-state index is 0.0345. The molecule has 0 unspecified atom stereocenters. The molecule has 0 aliphatic carbocycles. The van der Waals surface area contributed by atoms with Gasteiger partial charge in [0, 0.05) is 0 Å². The van der Waals surface area contributed by atoms with E-state index in [9.17, 15) is 9.59 Å². The third kappa shape index (κ3) is 2.20. The second-order valence-electron chi connectivity index (χ2n) is 2.95. The van der Waals surface area contributed by atoms with Gasteiger partial charge in [-0.2, -0.15) is 5.10 Å². The van der Waals surface area contributed by atoms with Crippen LogP contribution in [-0.2, 0) is 6.42 Å². The lowest BCUT2D eigenvalue weighted by Gasteiger charge is -2.02. The van der Waals surface area contributed by atoms with Crippen LogP contribution in [0.1, 0.15) is 35.8 Å². The summed E-state index contributed by atoms with van der Waals surface area (Å²) in [6.07, 6.45) is 3.07. The van der Waals surface area contributed by atoms with E-state index in [1.807, 2.05) is 6.92 Å². The summed E-state index contributed by atoms with van der Waals surface area (Å²) in [5, 5.41) is 6.22. The monoisotopic (exact) mass is 214 g/mol. The molecule has 76 valence electrons. The van der Waals surface area contributed by atoms with Gasteiger partial charge in [-0.15, -0.1) is 0 Å². The molecule has 0 bridgehead atoms. The van der Waals surface area contributed by atoms with Gasteiger partial charge in [-0.3, -0.25) is 9.59 Å². The van der Waals surface area contributed by atoms with Crippen molar-refractivity contribution >= 4 is 17.9 Å². The lowest BCUT2D eigenvalue weighted by atomic mass is 10.1. The van der Waals surface area contributed by atoms with E-state index in [-0.39, 0.29) is 10.6 Å². The molecule has 5 heteroatoms. The van der Waals surface area contributed by atoms with Gasteiger partial charge in [0.15, 0.2) is 6.29 Å². The lowest BCUT2D eigenvalue weighted by Crippen LogP contribution is -2.16. The highest BCUT2D eigenvalue weighted by Crippen LogP contribution is 2.15. The minimum atomic E-state index is -0.537. The minimum Gasteiger partial charge on any atom is -0.298 e. The second-order valence-corrected chi connectivity index (χ2v) is 3.33. The quantitative estimate of drug-likeness (QED) is 0.774. The van der Waals surface area contributed by atoms with Gasteiger partial charge in [0.05, 0.1) is 10.7 Å². The maximum Gasteiger partial charge on any atom is 0.276 e. The first-order chi connectivity index (χ1) is 6.70. The number of halogens is 1. The number of hydrogen-bond donors (Lipinski definition) is 1. The average molecular weight is 215 g/mol. The summed E-state index contributed by atoms with van der Waals surface area (Å²) in [5.41, 5.74) is 0.00762. The summed E-state index contributed by atoms with van der Waals surface area (Å²) in [4.78, 5) is 21.6. The normalized spacial score (nSPS) is 10.1. The van der Waals surface area contributed by atoms with Gasteiger partial charge in [0.25, 0.3) is 5.56 Å². The number of carbonyl (C=O) groups is 1. The number of aromatic nitrogens is 2. The number of unbranched alkanes of at least 4 members (excludes halogenated alkanes) is 1. The fourth-order valence-electron chi connectivity index (χ4n) is 1.10. The number of rotatable bonds is 4. The van der Waals surface area contributed by atoms with E-state index in [0.29, 0.717) is 18.4 Å². The van der Waals surface area contributed by atoms with Gasteiger partial charge in [-0.05, 0) is 12.8 Å². The van der Waals surface area contributed by atoms with Gasteiger partial charge in [-0.25, -0.2) is 5.10 Å². The van der Waals surface area contributed by atoms with Crippen LogP contribution in [0.5, 0.6) is 0 Å². The summed E-state index contributed by atoms with van der Waals surface area (Å²) in [7, 11) is 0. The Balaban J connectivity index is 3.08. The predicted octanol–water partition coefficient (Wildman–Crippen LogP) is 1.58. The number of nitrogens with one attached hydrogen (secondary N) is 1. The number of aromatic amines is 1. The van der Waals surface area contributed by atoms with E-state index in [4.69, 9.17) is 11.6 Å². The summed E-state index contributed by atoms with van der Waals surface area (Å²) >= 11 is 5.84. The SMILES string of the molecule is CCCCc1n[nH]c(=O)c(C=O)c1Cl. The summed E-state index contributed by atoms with van der Waals surface area (Å²) in [6.45, 7) is 2.04. The Labute approximate surface area is 86.3 Å². The fourth-order valence-corrected chi connectivity index (χ4v) is 1.36.